The van der Waals surface area contributed by atoms with Crippen LogP contribution in [0.3, 0.4) is 0 Å². The Morgan fingerprint density at radius 2 is 1.23 bits per heavy atom. The molecule has 2 aromatic carbocycles. The van der Waals surface area contributed by atoms with E-state index in [1.54, 1.807) is 0 Å². The number of hydrogen-bond donors (Lipinski definition) is 0. The Bertz CT molecular complexity index is 1240. The third-order valence-electron chi connectivity index (χ3n) is 4.64. The second kappa shape index (κ2) is 8.46. The minimum absolute atomic E-state index is 0.133. The fraction of sp³-hybridized carbons (Fsp3) is 0.200. The van der Waals surface area contributed by atoms with Gasteiger partial charge in [-0.15, -0.1) is 0 Å². The third kappa shape index (κ3) is 4.88. The molecule has 0 aliphatic heterocycles. The fourth-order valence-corrected chi connectivity index (χ4v) is 2.79. The summed E-state index contributed by atoms with van der Waals surface area (Å²) in [6, 6.07) is 6.24. The minimum atomic E-state index is -6.68. The number of nitro benzene ring substituents is 1. The highest BCUT2D eigenvalue weighted by atomic mass is 19.4. The zero-order valence-electron chi connectivity index (χ0n) is 16.6. The van der Waals surface area contributed by atoms with Crippen molar-refractivity contribution in [3.8, 4) is 22.6 Å². The largest absolute Gasteiger partial charge is 0.460 e. The van der Waals surface area contributed by atoms with Gasteiger partial charge in [-0.05, 0) is 30.3 Å². The van der Waals surface area contributed by atoms with Crippen LogP contribution in [0.25, 0.3) is 22.6 Å². The predicted molar refractivity (Wildman–Crippen MR) is 99.5 cm³/mol. The Morgan fingerprint density at radius 1 is 0.714 bits per heavy atom. The van der Waals surface area contributed by atoms with Crippen molar-refractivity contribution in [2.75, 3.05) is 0 Å². The summed E-state index contributed by atoms with van der Waals surface area (Å²) in [5.41, 5.74) is -4.95. The molecule has 5 nitrogen and oxygen atoms in total. The van der Waals surface area contributed by atoms with Crippen LogP contribution in [0.1, 0.15) is 11.3 Å². The van der Waals surface area contributed by atoms with Crippen LogP contribution in [0.15, 0.2) is 54.6 Å². The summed E-state index contributed by atoms with van der Waals surface area (Å²) in [6.45, 7) is 0. The van der Waals surface area contributed by atoms with Gasteiger partial charge in [0.25, 0.3) is 5.69 Å². The maximum Gasteiger partial charge on any atom is 0.460 e. The quantitative estimate of drug-likeness (QED) is 0.209. The maximum atomic E-state index is 14.4. The predicted octanol–water partition coefficient (Wildman–Crippen LogP) is 7.03. The van der Waals surface area contributed by atoms with Gasteiger partial charge in [0.15, 0.2) is 5.82 Å². The molecule has 3 aromatic rings. The number of nitro groups is 1. The van der Waals surface area contributed by atoms with Gasteiger partial charge in [-0.1, -0.05) is 12.1 Å². The van der Waals surface area contributed by atoms with E-state index in [0.29, 0.717) is 24.3 Å². The average Bonchev–Trinajstić information content (AvgIpc) is 2.77. The van der Waals surface area contributed by atoms with Crippen molar-refractivity contribution in [1.29, 1.82) is 0 Å². The lowest BCUT2D eigenvalue weighted by Crippen LogP contribution is -2.50. The monoisotopic (exact) mass is 513 g/mol. The molecule has 1 heterocycles. The highest BCUT2D eigenvalue weighted by Gasteiger charge is 2.74. The summed E-state index contributed by atoms with van der Waals surface area (Å²) in [5.74, 6) is -13.4. The van der Waals surface area contributed by atoms with Crippen LogP contribution in [0.5, 0.6) is 0 Å². The SMILES string of the molecule is O=[N+]([O-])c1ccc(-c2cc(C(F)(F)C(F)(F)C(F)(F)F)nc(-c3ccc(C(F)(F)F)cc3)n2)cc1. The van der Waals surface area contributed by atoms with Crippen molar-refractivity contribution in [2.45, 2.75) is 24.2 Å². The Labute approximate surface area is 188 Å². The summed E-state index contributed by atoms with van der Waals surface area (Å²) in [4.78, 5) is 16.8. The number of alkyl halides is 10. The van der Waals surface area contributed by atoms with E-state index >= 15 is 0 Å². The zero-order chi connectivity index (χ0) is 26.4. The van der Waals surface area contributed by atoms with Crippen molar-refractivity contribution in [3.63, 3.8) is 0 Å². The van der Waals surface area contributed by atoms with Crippen molar-refractivity contribution in [3.05, 3.63) is 76.0 Å². The number of halogens is 10. The first-order chi connectivity index (χ1) is 15.9. The molecule has 0 aliphatic rings. The molecular weight excluding hydrogens is 504 g/mol. The molecule has 15 heteroatoms. The van der Waals surface area contributed by atoms with Crippen LogP contribution >= 0.6 is 0 Å². The molecule has 186 valence electrons. The molecule has 0 N–H and O–H groups in total. The van der Waals surface area contributed by atoms with E-state index in [1.165, 1.54) is 0 Å². The van der Waals surface area contributed by atoms with Crippen molar-refractivity contribution in [2.24, 2.45) is 0 Å². The van der Waals surface area contributed by atoms with E-state index in [2.05, 4.69) is 9.97 Å². The first-order valence-electron chi connectivity index (χ1n) is 9.09. The Hall–Kier alpha value is -3.78. The van der Waals surface area contributed by atoms with Gasteiger partial charge in [0.2, 0.25) is 0 Å². The third-order valence-corrected chi connectivity index (χ3v) is 4.64. The Kier molecular flexibility index (Phi) is 6.25. The molecule has 0 radical (unpaired) electrons. The minimum Gasteiger partial charge on any atom is -0.258 e. The number of benzene rings is 2. The van der Waals surface area contributed by atoms with Crippen LogP contribution < -0.4 is 0 Å². The smallest absolute Gasteiger partial charge is 0.258 e. The van der Waals surface area contributed by atoms with E-state index < -0.39 is 63.1 Å². The maximum absolute atomic E-state index is 14.4. The summed E-state index contributed by atoms with van der Waals surface area (Å²) in [5, 5.41) is 10.8. The van der Waals surface area contributed by atoms with Gasteiger partial charge < -0.3 is 0 Å². The van der Waals surface area contributed by atoms with Crippen LogP contribution in [0.2, 0.25) is 0 Å². The molecule has 0 bridgehead atoms. The summed E-state index contributed by atoms with van der Waals surface area (Å²) in [7, 11) is 0. The van der Waals surface area contributed by atoms with Gasteiger partial charge in [-0.2, -0.15) is 43.9 Å². The van der Waals surface area contributed by atoms with E-state index in [9.17, 15) is 54.0 Å². The number of aromatic nitrogens is 2. The molecule has 0 amide bonds. The van der Waals surface area contributed by atoms with Crippen LogP contribution in [0.4, 0.5) is 49.6 Å². The van der Waals surface area contributed by atoms with Crippen molar-refractivity contribution in [1.82, 2.24) is 9.97 Å². The highest BCUT2D eigenvalue weighted by Crippen LogP contribution is 2.51. The second-order valence-electron chi connectivity index (χ2n) is 6.99. The van der Waals surface area contributed by atoms with Crippen molar-refractivity contribution < 1.29 is 48.8 Å². The Morgan fingerprint density at radius 3 is 1.69 bits per heavy atom. The standard InChI is InChI=1S/C20H9F10N3O2/c21-17(22,19(26,27)20(28,29)30)15-9-14(10-3-7-13(8-4-10)33(34)35)31-16(32-15)11-1-5-12(6-2-11)18(23,24)25/h1-9H. The second-order valence-corrected chi connectivity index (χ2v) is 6.99. The number of hydrogen-bond acceptors (Lipinski definition) is 4. The van der Waals surface area contributed by atoms with Crippen LogP contribution in [-0.2, 0) is 12.1 Å². The average molecular weight is 513 g/mol. The summed E-state index contributed by atoms with van der Waals surface area (Å²) < 4.78 is 133. The first kappa shape index (κ1) is 25.8. The number of non-ortho nitro benzene ring substituents is 1. The van der Waals surface area contributed by atoms with Gasteiger partial charge in [0, 0.05) is 23.3 Å². The van der Waals surface area contributed by atoms with Gasteiger partial charge >= 0.3 is 24.2 Å². The zero-order valence-corrected chi connectivity index (χ0v) is 16.6. The number of nitrogens with zero attached hydrogens (tertiary/aromatic N) is 3. The Balaban J connectivity index is 2.22. The highest BCUT2D eigenvalue weighted by molar-refractivity contribution is 5.66. The van der Waals surface area contributed by atoms with E-state index in [0.717, 1.165) is 24.3 Å². The molecular formula is C20H9F10N3O2. The molecule has 1 aromatic heterocycles. The van der Waals surface area contributed by atoms with Gasteiger partial charge in [-0.25, -0.2) is 9.97 Å². The molecule has 0 saturated carbocycles. The van der Waals surface area contributed by atoms with Crippen LogP contribution in [0, 0.1) is 10.1 Å². The molecule has 0 fully saturated rings. The molecule has 0 atom stereocenters. The summed E-state index contributed by atoms with van der Waals surface area (Å²) >= 11 is 0. The molecule has 0 unspecified atom stereocenters. The first-order valence-corrected chi connectivity index (χ1v) is 9.09. The normalized spacial score (nSPS) is 13.1. The molecule has 0 spiro atoms. The topological polar surface area (TPSA) is 68.9 Å². The number of rotatable bonds is 5. The van der Waals surface area contributed by atoms with Crippen LogP contribution in [-0.4, -0.2) is 27.0 Å². The van der Waals surface area contributed by atoms with Gasteiger partial charge in [0.05, 0.1) is 16.2 Å². The van der Waals surface area contributed by atoms with E-state index in [-0.39, 0.29) is 11.6 Å². The molecule has 0 aliphatic carbocycles. The lowest BCUT2D eigenvalue weighted by Gasteiger charge is -2.28. The lowest BCUT2D eigenvalue weighted by molar-refractivity contribution is -0.384. The fourth-order valence-electron chi connectivity index (χ4n) is 2.79. The molecule has 35 heavy (non-hydrogen) atoms. The van der Waals surface area contributed by atoms with E-state index in [1.807, 2.05) is 0 Å². The summed E-state index contributed by atoms with van der Waals surface area (Å²) in [6.07, 6.45) is -11.5. The lowest BCUT2D eigenvalue weighted by atomic mass is 10.0. The van der Waals surface area contributed by atoms with E-state index in [4.69, 9.17) is 0 Å². The molecule has 0 saturated heterocycles. The van der Waals surface area contributed by atoms with Gasteiger partial charge in [0.1, 0.15) is 5.69 Å². The van der Waals surface area contributed by atoms with Crippen molar-refractivity contribution >= 4 is 5.69 Å². The molecule has 3 rings (SSSR count). The van der Waals surface area contributed by atoms with Gasteiger partial charge in [-0.3, -0.25) is 10.1 Å².